The van der Waals surface area contributed by atoms with Crippen molar-refractivity contribution in [2.75, 3.05) is 32.1 Å². The smallest absolute Gasteiger partial charge is 0.311 e. The number of rotatable bonds is 4. The Morgan fingerprint density at radius 3 is 2.58 bits per heavy atom. The Kier molecular flexibility index (Phi) is 5.49. The number of methoxy groups -OCH3 is 1. The number of esters is 1. The van der Waals surface area contributed by atoms with Crippen LogP contribution >= 0.6 is 0 Å². The number of hydrogen-bond donors (Lipinski definition) is 1. The lowest BCUT2D eigenvalue weighted by Crippen LogP contribution is -2.58. The molecule has 166 valence electrons. The first-order valence-electron chi connectivity index (χ1n) is 10.9. The van der Waals surface area contributed by atoms with Crippen LogP contribution in [0.1, 0.15) is 49.7 Å². The van der Waals surface area contributed by atoms with Gasteiger partial charge in [0.15, 0.2) is 0 Å². The molecule has 3 heterocycles. The summed E-state index contributed by atoms with van der Waals surface area (Å²) in [5.41, 5.74) is 2.10. The predicted molar refractivity (Wildman–Crippen MR) is 113 cm³/mol. The van der Waals surface area contributed by atoms with Crippen LogP contribution in [0.2, 0.25) is 0 Å². The fraction of sp³-hybridized carbons (Fsp3) is 0.565. The summed E-state index contributed by atoms with van der Waals surface area (Å²) < 4.78 is 4.98. The van der Waals surface area contributed by atoms with E-state index in [9.17, 15) is 19.2 Å². The number of nitrogens with zero attached hydrogens (tertiary/aromatic N) is 2. The van der Waals surface area contributed by atoms with Crippen LogP contribution in [0, 0.1) is 12.8 Å². The van der Waals surface area contributed by atoms with Gasteiger partial charge in [0.1, 0.15) is 0 Å². The third-order valence-electron chi connectivity index (χ3n) is 7.19. The molecule has 2 fully saturated rings. The van der Waals surface area contributed by atoms with E-state index in [0.29, 0.717) is 32.5 Å². The molecule has 1 aromatic rings. The van der Waals surface area contributed by atoms with Gasteiger partial charge in [-0.1, -0.05) is 17.7 Å². The third-order valence-corrected chi connectivity index (χ3v) is 7.19. The molecule has 0 saturated carbocycles. The highest BCUT2D eigenvalue weighted by molar-refractivity contribution is 6.05. The summed E-state index contributed by atoms with van der Waals surface area (Å²) in [4.78, 5) is 54.0. The highest BCUT2D eigenvalue weighted by Crippen LogP contribution is 2.44. The lowest BCUT2D eigenvalue weighted by atomic mass is 9.76. The first-order chi connectivity index (χ1) is 14.8. The number of nitrogens with one attached hydrogen (secondary N) is 1. The highest BCUT2D eigenvalue weighted by atomic mass is 16.5. The molecule has 3 aliphatic rings. The lowest BCUT2D eigenvalue weighted by Gasteiger charge is -2.46. The number of carbonyl (C=O) groups is 4. The molecule has 3 amide bonds. The van der Waals surface area contributed by atoms with Gasteiger partial charge < -0.3 is 19.9 Å². The van der Waals surface area contributed by atoms with Crippen molar-refractivity contribution in [1.29, 1.82) is 0 Å². The number of likely N-dealkylation sites (tertiary alicyclic amines) is 2. The van der Waals surface area contributed by atoms with E-state index in [2.05, 4.69) is 5.32 Å². The van der Waals surface area contributed by atoms with E-state index in [1.54, 1.807) is 9.80 Å². The molecule has 1 N–H and O–H groups in total. The summed E-state index contributed by atoms with van der Waals surface area (Å²) in [5.74, 6) is -1.61. The zero-order valence-electron chi connectivity index (χ0n) is 18.3. The Morgan fingerprint density at radius 1 is 1.23 bits per heavy atom. The molecule has 0 aromatic heterocycles. The van der Waals surface area contributed by atoms with Crippen LogP contribution in [0.15, 0.2) is 18.2 Å². The van der Waals surface area contributed by atoms with Crippen LogP contribution in [-0.4, -0.2) is 65.8 Å². The molecule has 2 unspecified atom stereocenters. The van der Waals surface area contributed by atoms with Crippen molar-refractivity contribution in [3.8, 4) is 0 Å². The van der Waals surface area contributed by atoms with Gasteiger partial charge in [-0.05, 0) is 38.3 Å². The van der Waals surface area contributed by atoms with Gasteiger partial charge in [-0.25, -0.2) is 0 Å². The second-order valence-corrected chi connectivity index (χ2v) is 8.74. The molecule has 0 aliphatic carbocycles. The molecule has 1 aromatic carbocycles. The van der Waals surface area contributed by atoms with Crippen molar-refractivity contribution in [3.63, 3.8) is 0 Å². The minimum atomic E-state index is -0.593. The summed E-state index contributed by atoms with van der Waals surface area (Å²) in [6.07, 6.45) is 1.34. The number of carbonyl (C=O) groups excluding carboxylic acids is 4. The number of aryl methyl sites for hydroxylation is 1. The summed E-state index contributed by atoms with van der Waals surface area (Å²) in [5, 5.41) is 2.86. The average molecular weight is 428 g/mol. The number of fused-ring (bicyclic) bond motifs is 1. The standard InChI is InChI=1S/C23H29N3O5/c1-4-26-20(28)13-17(22(30)31-3)23(26)7-9-25(10-8-23)19(27)12-16-15-11-14(2)5-6-18(15)24-21(16)29/h5-6,11,16-17H,4,7-10,12-13H2,1-3H3,(H,24,29). The van der Waals surface area contributed by atoms with Gasteiger partial charge in [0, 0.05) is 38.2 Å². The number of anilines is 1. The van der Waals surface area contributed by atoms with Crippen molar-refractivity contribution in [1.82, 2.24) is 9.80 Å². The van der Waals surface area contributed by atoms with Crippen LogP contribution in [0.3, 0.4) is 0 Å². The Hall–Kier alpha value is -2.90. The Balaban J connectivity index is 1.47. The second-order valence-electron chi connectivity index (χ2n) is 8.74. The Labute approximate surface area is 181 Å². The quantitative estimate of drug-likeness (QED) is 0.740. The van der Waals surface area contributed by atoms with E-state index in [1.165, 1.54) is 7.11 Å². The van der Waals surface area contributed by atoms with E-state index in [4.69, 9.17) is 4.74 Å². The summed E-state index contributed by atoms with van der Waals surface area (Å²) in [7, 11) is 1.35. The molecule has 2 atom stereocenters. The minimum absolute atomic E-state index is 0.0349. The monoisotopic (exact) mass is 427 g/mol. The van der Waals surface area contributed by atoms with E-state index in [1.807, 2.05) is 32.0 Å². The molecule has 0 bridgehead atoms. The fourth-order valence-corrected chi connectivity index (χ4v) is 5.56. The van der Waals surface area contributed by atoms with Crippen LogP contribution in [0.4, 0.5) is 5.69 Å². The van der Waals surface area contributed by atoms with Crippen molar-refractivity contribution < 1.29 is 23.9 Å². The lowest BCUT2D eigenvalue weighted by molar-refractivity contribution is -0.151. The molecule has 1 spiro atoms. The number of amides is 3. The third kappa shape index (κ3) is 3.47. The van der Waals surface area contributed by atoms with Gasteiger partial charge in [0.25, 0.3) is 0 Å². The molecular formula is C23H29N3O5. The molecule has 4 rings (SSSR count). The molecule has 2 saturated heterocycles. The molecule has 0 radical (unpaired) electrons. The first-order valence-corrected chi connectivity index (χ1v) is 10.9. The number of hydrogen-bond acceptors (Lipinski definition) is 5. The average Bonchev–Trinajstić information content (AvgIpc) is 3.21. The SMILES string of the molecule is CCN1C(=O)CC(C(=O)OC)C12CCN(C(=O)CC1C(=O)Nc3ccc(C)cc31)CC2. The van der Waals surface area contributed by atoms with Crippen LogP contribution < -0.4 is 5.32 Å². The second kappa shape index (κ2) is 7.98. The molecule has 3 aliphatic heterocycles. The van der Waals surface area contributed by atoms with Crippen LogP contribution in [-0.2, 0) is 23.9 Å². The van der Waals surface area contributed by atoms with Gasteiger partial charge in [-0.3, -0.25) is 19.2 Å². The van der Waals surface area contributed by atoms with E-state index < -0.39 is 17.4 Å². The van der Waals surface area contributed by atoms with Gasteiger partial charge in [-0.15, -0.1) is 0 Å². The number of benzene rings is 1. The summed E-state index contributed by atoms with van der Waals surface area (Å²) in [6, 6.07) is 5.77. The van der Waals surface area contributed by atoms with Gasteiger partial charge >= 0.3 is 5.97 Å². The predicted octanol–water partition coefficient (Wildman–Crippen LogP) is 1.82. The fourth-order valence-electron chi connectivity index (χ4n) is 5.56. The minimum Gasteiger partial charge on any atom is -0.469 e. The number of ether oxygens (including phenoxy) is 1. The van der Waals surface area contributed by atoms with Crippen molar-refractivity contribution in [3.05, 3.63) is 29.3 Å². The van der Waals surface area contributed by atoms with Crippen LogP contribution in [0.25, 0.3) is 0 Å². The summed E-state index contributed by atoms with van der Waals surface area (Å²) in [6.45, 7) is 5.30. The maximum Gasteiger partial charge on any atom is 0.311 e. The topological polar surface area (TPSA) is 96.0 Å². The largest absolute Gasteiger partial charge is 0.469 e. The maximum absolute atomic E-state index is 13.1. The number of piperidine rings is 1. The first kappa shape index (κ1) is 21.3. The van der Waals surface area contributed by atoms with E-state index in [0.717, 1.165) is 16.8 Å². The molecule has 8 nitrogen and oxygen atoms in total. The zero-order valence-corrected chi connectivity index (χ0v) is 18.3. The normalized spacial score (nSPS) is 24.4. The van der Waals surface area contributed by atoms with Crippen molar-refractivity contribution >= 4 is 29.4 Å². The zero-order chi connectivity index (χ0) is 22.3. The van der Waals surface area contributed by atoms with Gasteiger partial charge in [-0.2, -0.15) is 0 Å². The van der Waals surface area contributed by atoms with Crippen LogP contribution in [0.5, 0.6) is 0 Å². The maximum atomic E-state index is 13.1. The summed E-state index contributed by atoms with van der Waals surface area (Å²) >= 11 is 0. The molecular weight excluding hydrogens is 398 g/mol. The Bertz CT molecular complexity index is 933. The van der Waals surface area contributed by atoms with Gasteiger partial charge in [0.05, 0.1) is 24.5 Å². The van der Waals surface area contributed by atoms with Crippen molar-refractivity contribution in [2.24, 2.45) is 5.92 Å². The van der Waals surface area contributed by atoms with Gasteiger partial charge in [0.2, 0.25) is 17.7 Å². The van der Waals surface area contributed by atoms with E-state index in [-0.39, 0.29) is 36.5 Å². The Morgan fingerprint density at radius 2 is 1.94 bits per heavy atom. The molecule has 31 heavy (non-hydrogen) atoms. The highest BCUT2D eigenvalue weighted by Gasteiger charge is 2.56. The van der Waals surface area contributed by atoms with E-state index >= 15 is 0 Å². The molecule has 8 heteroatoms. The van der Waals surface area contributed by atoms with Crippen molar-refractivity contribution in [2.45, 2.75) is 51.0 Å².